The second-order valence-corrected chi connectivity index (χ2v) is 4.43. The van der Waals surface area contributed by atoms with Gasteiger partial charge in [-0.3, -0.25) is 0 Å². The van der Waals surface area contributed by atoms with Crippen molar-refractivity contribution in [3.63, 3.8) is 0 Å². The van der Waals surface area contributed by atoms with E-state index in [-0.39, 0.29) is 25.0 Å². The average Bonchev–Trinajstić information content (AvgIpc) is 1.77. The van der Waals surface area contributed by atoms with Crippen molar-refractivity contribution in [2.75, 3.05) is 6.54 Å². The summed E-state index contributed by atoms with van der Waals surface area (Å²) >= 11 is 0. The van der Waals surface area contributed by atoms with Crippen LogP contribution in [0.3, 0.4) is 0 Å². The van der Waals surface area contributed by atoms with Gasteiger partial charge in [0.2, 0.25) is 0 Å². The van der Waals surface area contributed by atoms with E-state index < -0.39 is 0 Å². The van der Waals surface area contributed by atoms with Crippen molar-refractivity contribution < 1.29 is 19.5 Å². The second kappa shape index (κ2) is 3.53. The molecule has 11 heavy (non-hydrogen) atoms. The summed E-state index contributed by atoms with van der Waals surface area (Å²) in [6.45, 7) is 10.2. The molecule has 1 rings (SSSR count). The fraction of sp³-hybridized carbons (Fsp3) is 1.00. The maximum Gasteiger partial charge on any atom is 0 e. The Hall–Kier alpha value is 0.583. The normalized spacial score (nSPS) is 27.3. The Balaban J connectivity index is 0.000001000. The fourth-order valence-corrected chi connectivity index (χ4v) is 1.40. The molecular formula is C9H18NZn-. The van der Waals surface area contributed by atoms with Gasteiger partial charge in [-0.25, -0.2) is 0 Å². The first-order valence-corrected chi connectivity index (χ1v) is 4.14. The largest absolute Gasteiger partial charge is 0.657 e. The summed E-state index contributed by atoms with van der Waals surface area (Å²) in [4.78, 5) is 0. The predicted molar refractivity (Wildman–Crippen MR) is 45.3 cm³/mol. The van der Waals surface area contributed by atoms with Crippen LogP contribution in [0.15, 0.2) is 0 Å². The molecule has 0 amide bonds. The molecule has 1 heterocycles. The maximum atomic E-state index is 4.61. The summed E-state index contributed by atoms with van der Waals surface area (Å²) in [6.07, 6.45) is 2.60. The zero-order chi connectivity index (χ0) is 7.83. The molecule has 0 saturated carbocycles. The molecule has 1 fully saturated rings. The summed E-state index contributed by atoms with van der Waals surface area (Å²) in [7, 11) is 0. The van der Waals surface area contributed by atoms with E-state index >= 15 is 0 Å². The summed E-state index contributed by atoms with van der Waals surface area (Å²) in [6, 6.07) is 0. The van der Waals surface area contributed by atoms with Crippen LogP contribution in [-0.4, -0.2) is 12.1 Å². The van der Waals surface area contributed by atoms with Crippen molar-refractivity contribution >= 4 is 0 Å². The number of hydrogen-bond donors (Lipinski definition) is 0. The van der Waals surface area contributed by atoms with Gasteiger partial charge in [-0.2, -0.15) is 0 Å². The van der Waals surface area contributed by atoms with Crippen LogP contribution in [0.1, 0.15) is 40.5 Å². The SMILES string of the molecule is CC1(C)CCC[N-]C1(C)C.[Zn]. The molecule has 0 N–H and O–H groups in total. The molecule has 0 bridgehead atoms. The van der Waals surface area contributed by atoms with Crippen molar-refractivity contribution in [1.29, 1.82) is 0 Å². The van der Waals surface area contributed by atoms with Gasteiger partial charge < -0.3 is 5.32 Å². The van der Waals surface area contributed by atoms with Crippen LogP contribution in [0.25, 0.3) is 5.32 Å². The van der Waals surface area contributed by atoms with Crippen molar-refractivity contribution in [2.45, 2.75) is 46.1 Å². The molecule has 62 valence electrons. The maximum absolute atomic E-state index is 4.61. The molecule has 0 unspecified atom stereocenters. The van der Waals surface area contributed by atoms with E-state index in [9.17, 15) is 0 Å². The molecule has 1 nitrogen and oxygen atoms in total. The van der Waals surface area contributed by atoms with Gasteiger partial charge in [-0.05, 0) is 5.41 Å². The van der Waals surface area contributed by atoms with Crippen LogP contribution >= 0.6 is 0 Å². The Morgan fingerprint density at radius 1 is 1.09 bits per heavy atom. The topological polar surface area (TPSA) is 14.1 Å². The molecule has 0 aromatic heterocycles. The smallest absolute Gasteiger partial charge is 0 e. The number of piperidine rings is 1. The van der Waals surface area contributed by atoms with Gasteiger partial charge in [-0.15, -0.1) is 12.1 Å². The van der Waals surface area contributed by atoms with Gasteiger partial charge in [0.05, 0.1) is 0 Å². The van der Waals surface area contributed by atoms with Crippen LogP contribution in [0.5, 0.6) is 0 Å². The minimum atomic E-state index is 0. The molecule has 0 atom stereocenters. The third-order valence-corrected chi connectivity index (χ3v) is 3.12. The minimum Gasteiger partial charge on any atom is -0.657 e. The van der Waals surface area contributed by atoms with Gasteiger partial charge in [0.15, 0.2) is 0 Å². The quantitative estimate of drug-likeness (QED) is 0.540. The Kier molecular flexibility index (Phi) is 3.72. The van der Waals surface area contributed by atoms with E-state index in [0.717, 1.165) is 6.54 Å². The minimum absolute atomic E-state index is 0. The summed E-state index contributed by atoms with van der Waals surface area (Å²) in [5, 5.41) is 4.61. The third-order valence-electron chi connectivity index (χ3n) is 3.12. The summed E-state index contributed by atoms with van der Waals surface area (Å²) in [5.41, 5.74) is 0.608. The Labute approximate surface area is 83.1 Å². The van der Waals surface area contributed by atoms with E-state index in [1.165, 1.54) is 12.8 Å². The van der Waals surface area contributed by atoms with Gasteiger partial charge >= 0.3 is 0 Å². The van der Waals surface area contributed by atoms with E-state index in [1.807, 2.05) is 0 Å². The van der Waals surface area contributed by atoms with E-state index in [2.05, 4.69) is 33.0 Å². The fourth-order valence-electron chi connectivity index (χ4n) is 1.40. The number of nitrogens with zero attached hydrogens (tertiary/aromatic N) is 1. The average molecular weight is 206 g/mol. The van der Waals surface area contributed by atoms with Gasteiger partial charge in [0, 0.05) is 19.5 Å². The van der Waals surface area contributed by atoms with E-state index in [4.69, 9.17) is 0 Å². The first-order chi connectivity index (χ1) is 4.46. The second-order valence-electron chi connectivity index (χ2n) is 4.43. The predicted octanol–water partition coefficient (Wildman–Crippen LogP) is 2.96. The van der Waals surface area contributed by atoms with Crippen molar-refractivity contribution in [3.05, 3.63) is 5.32 Å². The summed E-state index contributed by atoms with van der Waals surface area (Å²) in [5.74, 6) is 0. The van der Waals surface area contributed by atoms with Crippen molar-refractivity contribution in [2.24, 2.45) is 5.41 Å². The Morgan fingerprint density at radius 3 is 1.91 bits per heavy atom. The molecule has 0 spiro atoms. The van der Waals surface area contributed by atoms with Crippen LogP contribution < -0.4 is 0 Å². The molecule has 0 aromatic rings. The Bertz CT molecular complexity index is 114. The molecule has 1 aliphatic heterocycles. The third kappa shape index (κ3) is 2.26. The van der Waals surface area contributed by atoms with Crippen LogP contribution in [0, 0.1) is 5.41 Å². The van der Waals surface area contributed by atoms with Gasteiger partial charge in [0.1, 0.15) is 0 Å². The molecule has 2 heteroatoms. The Morgan fingerprint density at radius 2 is 1.64 bits per heavy atom. The first-order valence-electron chi connectivity index (χ1n) is 4.14. The van der Waals surface area contributed by atoms with E-state index in [0.29, 0.717) is 5.41 Å². The molecule has 1 aliphatic rings. The van der Waals surface area contributed by atoms with Crippen LogP contribution in [0.2, 0.25) is 0 Å². The van der Waals surface area contributed by atoms with Crippen molar-refractivity contribution in [1.82, 2.24) is 0 Å². The van der Waals surface area contributed by atoms with Gasteiger partial charge in [0.25, 0.3) is 0 Å². The standard InChI is InChI=1S/C9H18N.Zn/c1-8(2)6-5-7-10-9(8,3)4;/h5-7H2,1-4H3;/q-1;. The van der Waals surface area contributed by atoms with Crippen molar-refractivity contribution in [3.8, 4) is 0 Å². The molecule has 0 aromatic carbocycles. The molecule has 0 aliphatic carbocycles. The number of hydrogen-bond acceptors (Lipinski definition) is 0. The molecular weight excluding hydrogens is 187 g/mol. The van der Waals surface area contributed by atoms with Crippen LogP contribution in [-0.2, 0) is 19.5 Å². The number of rotatable bonds is 0. The molecule has 0 radical (unpaired) electrons. The van der Waals surface area contributed by atoms with Crippen LogP contribution in [0.4, 0.5) is 0 Å². The molecule has 1 saturated heterocycles. The zero-order valence-electron chi connectivity index (χ0n) is 8.28. The first kappa shape index (κ1) is 11.6. The zero-order valence-corrected chi connectivity index (χ0v) is 11.2. The summed E-state index contributed by atoms with van der Waals surface area (Å²) < 4.78 is 0. The monoisotopic (exact) mass is 204 g/mol. The van der Waals surface area contributed by atoms with Gasteiger partial charge in [-0.1, -0.05) is 40.5 Å². The van der Waals surface area contributed by atoms with E-state index in [1.54, 1.807) is 0 Å².